The molecule has 1 heterocycles. The molecule has 0 atom stereocenters. The van der Waals surface area contributed by atoms with Crippen LogP contribution >= 0.6 is 24.8 Å². The largest absolute Gasteiger partial charge is 0.394 e. The smallest absolute Gasteiger partial charge is 0.147 e. The van der Waals surface area contributed by atoms with E-state index in [2.05, 4.69) is 10.4 Å². The monoisotopic (exact) mass is 242 g/mol. The highest BCUT2D eigenvalue weighted by Crippen LogP contribution is 2.15. The van der Waals surface area contributed by atoms with Crippen LogP contribution in [0.25, 0.3) is 0 Å². The maximum absolute atomic E-state index is 5.64. The van der Waals surface area contributed by atoms with Crippen LogP contribution in [0, 0.1) is 0 Å². The van der Waals surface area contributed by atoms with Gasteiger partial charge in [0, 0.05) is 14.2 Å². The number of hydrogen-bond acceptors (Lipinski definition) is 4. The molecule has 0 radical (unpaired) electrons. The van der Waals surface area contributed by atoms with Gasteiger partial charge in [0.25, 0.3) is 0 Å². The number of ether oxygens (including phenoxy) is 1. The Hall–Kier alpha value is -0.650. The van der Waals surface area contributed by atoms with Gasteiger partial charge in [-0.25, -0.2) is 4.68 Å². The predicted molar refractivity (Wildman–Crippen MR) is 62.6 cm³/mol. The molecule has 1 aromatic heterocycles. The zero-order chi connectivity index (χ0) is 8.97. The summed E-state index contributed by atoms with van der Waals surface area (Å²) < 4.78 is 6.70. The highest BCUT2D eigenvalue weighted by molar-refractivity contribution is 5.85. The van der Waals surface area contributed by atoms with Gasteiger partial charge in [-0.1, -0.05) is 0 Å². The van der Waals surface area contributed by atoms with E-state index in [4.69, 9.17) is 10.5 Å². The summed E-state index contributed by atoms with van der Waals surface area (Å²) >= 11 is 0. The molecule has 7 heteroatoms. The van der Waals surface area contributed by atoms with Crippen molar-refractivity contribution in [1.29, 1.82) is 0 Å². The van der Waals surface area contributed by atoms with Crippen molar-refractivity contribution in [3.63, 3.8) is 0 Å². The first kappa shape index (κ1) is 15.8. The molecule has 0 unspecified atom stereocenters. The number of nitrogens with one attached hydrogen (secondary N) is 1. The first-order valence-corrected chi connectivity index (χ1v) is 3.77. The van der Waals surface area contributed by atoms with Crippen LogP contribution < -0.4 is 11.1 Å². The van der Waals surface area contributed by atoms with Gasteiger partial charge in [0.05, 0.1) is 25.0 Å². The topological polar surface area (TPSA) is 65.1 Å². The van der Waals surface area contributed by atoms with E-state index in [0.29, 0.717) is 18.8 Å². The van der Waals surface area contributed by atoms with Crippen molar-refractivity contribution in [3.05, 3.63) is 6.20 Å². The highest BCUT2D eigenvalue weighted by atomic mass is 35.5. The van der Waals surface area contributed by atoms with Crippen LogP contribution in [0.5, 0.6) is 0 Å². The summed E-state index contributed by atoms with van der Waals surface area (Å²) in [5, 5.41) is 7.05. The number of methoxy groups -OCH3 is 1. The molecule has 0 fully saturated rings. The Morgan fingerprint density at radius 3 is 2.71 bits per heavy atom. The average Bonchev–Trinajstić information content (AvgIpc) is 2.43. The van der Waals surface area contributed by atoms with E-state index in [1.54, 1.807) is 18.0 Å². The van der Waals surface area contributed by atoms with E-state index in [1.807, 2.05) is 7.05 Å². The molecule has 0 aliphatic heterocycles. The van der Waals surface area contributed by atoms with Gasteiger partial charge in [0.15, 0.2) is 0 Å². The molecular formula is C7H16Cl2N4O. The third kappa shape index (κ3) is 3.61. The lowest BCUT2D eigenvalue weighted by Gasteiger charge is -2.05. The number of hydrogen-bond donors (Lipinski definition) is 2. The molecule has 0 aromatic carbocycles. The normalized spacial score (nSPS) is 8.71. The minimum atomic E-state index is 0. The van der Waals surface area contributed by atoms with Crippen LogP contribution in [0.15, 0.2) is 6.20 Å². The highest BCUT2D eigenvalue weighted by Gasteiger charge is 2.04. The molecule has 0 spiro atoms. The molecule has 0 aliphatic rings. The van der Waals surface area contributed by atoms with Crippen molar-refractivity contribution >= 4 is 36.3 Å². The summed E-state index contributed by atoms with van der Waals surface area (Å²) in [6.07, 6.45) is 1.63. The summed E-state index contributed by atoms with van der Waals surface area (Å²) in [6, 6.07) is 0. The zero-order valence-corrected chi connectivity index (χ0v) is 9.82. The number of aromatic nitrogens is 2. The van der Waals surface area contributed by atoms with Crippen LogP contribution in [0.2, 0.25) is 0 Å². The third-order valence-corrected chi connectivity index (χ3v) is 1.61. The van der Waals surface area contributed by atoms with Gasteiger partial charge in [0.1, 0.15) is 5.82 Å². The lowest BCUT2D eigenvalue weighted by Crippen LogP contribution is -2.09. The molecule has 0 saturated heterocycles. The molecule has 0 saturated carbocycles. The minimum Gasteiger partial charge on any atom is -0.394 e. The Morgan fingerprint density at radius 1 is 1.57 bits per heavy atom. The maximum Gasteiger partial charge on any atom is 0.147 e. The van der Waals surface area contributed by atoms with E-state index in [-0.39, 0.29) is 24.8 Å². The fourth-order valence-corrected chi connectivity index (χ4v) is 1.02. The standard InChI is InChI=1S/C7H14N4O.2ClH/c1-9-7-6(8)5-10-11(7)3-4-12-2;;/h5,9H,3-4,8H2,1-2H3;2*1H. The number of nitrogens with two attached hydrogens (primary N) is 1. The van der Waals surface area contributed by atoms with Crippen molar-refractivity contribution < 1.29 is 4.74 Å². The van der Waals surface area contributed by atoms with Crippen molar-refractivity contribution in [2.45, 2.75) is 6.54 Å². The van der Waals surface area contributed by atoms with Crippen molar-refractivity contribution in [2.75, 3.05) is 31.8 Å². The average molecular weight is 243 g/mol. The van der Waals surface area contributed by atoms with E-state index in [0.717, 1.165) is 5.82 Å². The minimum absolute atomic E-state index is 0. The molecular weight excluding hydrogens is 227 g/mol. The van der Waals surface area contributed by atoms with Crippen molar-refractivity contribution in [3.8, 4) is 0 Å². The van der Waals surface area contributed by atoms with Gasteiger partial charge in [0.2, 0.25) is 0 Å². The SMILES string of the molecule is CNc1c(N)cnn1CCOC.Cl.Cl. The molecule has 0 aliphatic carbocycles. The summed E-state index contributed by atoms with van der Waals surface area (Å²) in [5.41, 5.74) is 6.30. The van der Waals surface area contributed by atoms with Gasteiger partial charge >= 0.3 is 0 Å². The second-order valence-corrected chi connectivity index (χ2v) is 2.41. The van der Waals surface area contributed by atoms with E-state index in [1.165, 1.54) is 0 Å². The number of nitrogens with zero attached hydrogens (tertiary/aromatic N) is 2. The summed E-state index contributed by atoms with van der Waals surface area (Å²) in [6.45, 7) is 1.35. The van der Waals surface area contributed by atoms with E-state index < -0.39 is 0 Å². The third-order valence-electron chi connectivity index (χ3n) is 1.61. The molecule has 1 aromatic rings. The van der Waals surface area contributed by atoms with Crippen LogP contribution in [0.3, 0.4) is 0 Å². The lowest BCUT2D eigenvalue weighted by molar-refractivity contribution is 0.184. The summed E-state index contributed by atoms with van der Waals surface area (Å²) in [4.78, 5) is 0. The quantitative estimate of drug-likeness (QED) is 0.827. The number of halogens is 2. The summed E-state index contributed by atoms with van der Waals surface area (Å²) in [5.74, 6) is 0.840. The first-order valence-electron chi connectivity index (χ1n) is 3.77. The maximum atomic E-state index is 5.64. The molecule has 5 nitrogen and oxygen atoms in total. The Labute approximate surface area is 95.8 Å². The van der Waals surface area contributed by atoms with Crippen molar-refractivity contribution in [1.82, 2.24) is 9.78 Å². The van der Waals surface area contributed by atoms with E-state index >= 15 is 0 Å². The number of nitrogen functional groups attached to an aromatic ring is 1. The van der Waals surface area contributed by atoms with Gasteiger partial charge in [-0.05, 0) is 0 Å². The van der Waals surface area contributed by atoms with Crippen LogP contribution in [-0.2, 0) is 11.3 Å². The van der Waals surface area contributed by atoms with Gasteiger partial charge in [-0.15, -0.1) is 24.8 Å². The Bertz CT molecular complexity index is 254. The van der Waals surface area contributed by atoms with Crippen LogP contribution in [0.1, 0.15) is 0 Å². The Balaban J connectivity index is 0. The molecule has 1 rings (SSSR count). The number of rotatable bonds is 4. The Kier molecular flexibility index (Phi) is 8.72. The molecule has 0 bridgehead atoms. The molecule has 3 N–H and O–H groups in total. The number of anilines is 2. The van der Waals surface area contributed by atoms with Crippen LogP contribution in [-0.4, -0.2) is 30.5 Å². The van der Waals surface area contributed by atoms with Crippen molar-refractivity contribution in [2.24, 2.45) is 0 Å². The van der Waals surface area contributed by atoms with Crippen LogP contribution in [0.4, 0.5) is 11.5 Å². The predicted octanol–water partition coefficient (Wildman–Crippen LogP) is 0.997. The van der Waals surface area contributed by atoms with Gasteiger partial charge < -0.3 is 15.8 Å². The Morgan fingerprint density at radius 2 is 2.21 bits per heavy atom. The fourth-order valence-electron chi connectivity index (χ4n) is 1.02. The second kappa shape index (κ2) is 7.73. The molecule has 0 amide bonds. The molecule has 14 heavy (non-hydrogen) atoms. The second-order valence-electron chi connectivity index (χ2n) is 2.41. The van der Waals surface area contributed by atoms with Gasteiger partial charge in [-0.3, -0.25) is 0 Å². The van der Waals surface area contributed by atoms with Gasteiger partial charge in [-0.2, -0.15) is 5.10 Å². The summed E-state index contributed by atoms with van der Waals surface area (Å²) in [7, 11) is 3.47. The zero-order valence-electron chi connectivity index (χ0n) is 8.19. The lowest BCUT2D eigenvalue weighted by atomic mass is 10.5. The van der Waals surface area contributed by atoms with E-state index in [9.17, 15) is 0 Å². The molecule has 84 valence electrons. The first-order chi connectivity index (χ1) is 5.79. The fraction of sp³-hybridized carbons (Fsp3) is 0.571.